The SMILES string of the molecule is CC1(C)OC[C@H](COc2ccnc(NC(=O)N3c4nc(C(=O)CCc5nn[nH]n5)ccc4N4CC[C@H]3C4)c2)O1.CC1(C)OC[C@H](COc2ccnc(NC(=O)N3c4nc(C(=O)O)ccc4N4CC[C@H]3C4)c2)O1.NCc1nn[nH]n1. The molecule has 7 N–H and O–H groups in total. The first kappa shape index (κ1) is 53.8. The molecular weight excluding hydrogens is 1030 g/mol. The normalized spacial score (nSPS) is 20.7. The van der Waals surface area contributed by atoms with Gasteiger partial charge in [0.15, 0.2) is 46.3 Å². The number of carboxylic acid groups (broad SMARTS) is 1. The number of fused-ring (bicyclic) bond motifs is 8. The number of carbonyl (C=O) groups is 4. The van der Waals surface area contributed by atoms with Crippen molar-refractivity contribution in [2.24, 2.45) is 5.73 Å². The van der Waals surface area contributed by atoms with E-state index >= 15 is 0 Å². The fourth-order valence-corrected chi connectivity index (χ4v) is 9.68. The first-order valence-corrected chi connectivity index (χ1v) is 25.5. The number of nitrogens with one attached hydrogen (secondary N) is 4. The van der Waals surface area contributed by atoms with Crippen LogP contribution < -0.4 is 45.4 Å². The Morgan fingerprint density at radius 3 is 1.65 bits per heavy atom. The second kappa shape index (κ2) is 23.2. The summed E-state index contributed by atoms with van der Waals surface area (Å²) in [7, 11) is 0. The van der Waals surface area contributed by atoms with E-state index in [4.69, 9.17) is 34.2 Å². The van der Waals surface area contributed by atoms with Gasteiger partial charge in [0.2, 0.25) is 0 Å². The van der Waals surface area contributed by atoms with Gasteiger partial charge >= 0.3 is 18.0 Å². The van der Waals surface area contributed by atoms with Gasteiger partial charge in [-0.2, -0.15) is 10.4 Å². The first-order valence-electron chi connectivity index (χ1n) is 25.5. The van der Waals surface area contributed by atoms with Crippen LogP contribution in [0.4, 0.5) is 44.2 Å². The van der Waals surface area contributed by atoms with Gasteiger partial charge in [0.05, 0.1) is 43.2 Å². The van der Waals surface area contributed by atoms with Crippen LogP contribution in [-0.4, -0.2) is 179 Å². The van der Waals surface area contributed by atoms with Crippen LogP contribution in [-0.2, 0) is 31.9 Å². The molecule has 79 heavy (non-hydrogen) atoms. The van der Waals surface area contributed by atoms with Crippen molar-refractivity contribution in [3.63, 3.8) is 0 Å². The van der Waals surface area contributed by atoms with Gasteiger partial charge in [-0.3, -0.25) is 25.2 Å². The molecule has 30 nitrogen and oxygen atoms in total. The maximum atomic E-state index is 13.6. The Morgan fingerprint density at radius 1 is 0.709 bits per heavy atom. The summed E-state index contributed by atoms with van der Waals surface area (Å²) in [6.45, 7) is 12.2. The molecule has 12 rings (SSSR count). The third kappa shape index (κ3) is 12.9. The highest BCUT2D eigenvalue weighted by Gasteiger charge is 2.43. The number of tetrazole rings is 2. The Kier molecular flexibility index (Phi) is 15.8. The number of urea groups is 2. The van der Waals surface area contributed by atoms with E-state index in [1.165, 1.54) is 11.0 Å². The van der Waals surface area contributed by atoms with Crippen LogP contribution in [0.15, 0.2) is 60.9 Å². The van der Waals surface area contributed by atoms with Gasteiger partial charge < -0.3 is 49.1 Å². The largest absolute Gasteiger partial charge is 0.491 e. The average Bonchev–Trinajstić information content (AvgIpc) is 4.55. The molecule has 4 saturated heterocycles. The molecule has 12 heterocycles. The van der Waals surface area contributed by atoms with E-state index in [1.807, 2.05) is 33.8 Å². The zero-order valence-corrected chi connectivity index (χ0v) is 43.6. The Balaban J connectivity index is 0.000000160. The number of aromatic nitrogens is 12. The fraction of sp³-hybridized carbons (Fsp3) is 0.469. The number of carbonyl (C=O) groups excluding carboxylic acids is 3. The number of anilines is 6. The number of Topliss-reactive ketones (excluding diaryl/α,β-unsaturated/α-hetero) is 1. The minimum Gasteiger partial charge on any atom is -0.491 e. The molecule has 4 bridgehead atoms. The van der Waals surface area contributed by atoms with Crippen molar-refractivity contribution in [3.05, 3.63) is 84.0 Å². The number of amides is 4. The molecule has 416 valence electrons. The van der Waals surface area contributed by atoms with Crippen LogP contribution in [0.3, 0.4) is 0 Å². The third-order valence-corrected chi connectivity index (χ3v) is 13.3. The summed E-state index contributed by atoms with van der Waals surface area (Å²) in [5.74, 6) is 0.985. The summed E-state index contributed by atoms with van der Waals surface area (Å²) in [6, 6.07) is 12.5. The van der Waals surface area contributed by atoms with Crippen LogP contribution in [0, 0.1) is 0 Å². The molecule has 0 saturated carbocycles. The number of nitrogens with zero attached hydrogens (tertiary/aromatic N) is 14. The maximum absolute atomic E-state index is 13.6. The highest BCUT2D eigenvalue weighted by atomic mass is 16.8. The number of ether oxygens (including phenoxy) is 6. The van der Waals surface area contributed by atoms with Crippen LogP contribution in [0.25, 0.3) is 0 Å². The second-order valence-electron chi connectivity index (χ2n) is 19.8. The highest BCUT2D eigenvalue weighted by molar-refractivity contribution is 6.06. The Morgan fingerprint density at radius 2 is 1.20 bits per heavy atom. The molecule has 6 aliphatic heterocycles. The van der Waals surface area contributed by atoms with E-state index in [1.54, 1.807) is 53.7 Å². The van der Waals surface area contributed by atoms with Gasteiger partial charge in [-0.1, -0.05) is 10.4 Å². The van der Waals surface area contributed by atoms with Crippen LogP contribution in [0.5, 0.6) is 11.5 Å². The van der Waals surface area contributed by atoms with Gasteiger partial charge in [-0.25, -0.2) is 34.3 Å². The smallest absolute Gasteiger partial charge is 0.354 e. The van der Waals surface area contributed by atoms with Crippen LogP contribution in [0.2, 0.25) is 0 Å². The molecule has 6 aromatic rings. The average molecular weight is 1090 g/mol. The van der Waals surface area contributed by atoms with Crippen molar-refractivity contribution < 1.29 is 52.7 Å². The van der Waals surface area contributed by atoms with Crippen molar-refractivity contribution in [2.45, 2.75) is 95.8 Å². The van der Waals surface area contributed by atoms with Crippen molar-refractivity contribution in [3.8, 4) is 11.5 Å². The lowest BCUT2D eigenvalue weighted by atomic mass is 10.1. The highest BCUT2D eigenvalue weighted by Crippen LogP contribution is 2.41. The molecule has 4 atom stereocenters. The third-order valence-electron chi connectivity index (χ3n) is 13.3. The minimum atomic E-state index is -1.14. The fourth-order valence-electron chi connectivity index (χ4n) is 9.68. The van der Waals surface area contributed by atoms with Gasteiger partial charge in [-0.05, 0) is 76.9 Å². The number of aromatic carboxylic acids is 1. The standard InChI is InChI=1S/C25H29N9O5.C22H25N5O6.C2H5N5/c1-25(2)38-14-17(39-25)13-37-16-7-9-26-22(11-16)28-24(36)34-15-8-10-33(12-15)19-4-3-18(27-23(19)34)20(35)5-6-21-29-31-32-30-21;1-22(2)32-12-15(33-22)11-31-14-5-7-23-18(9-14)25-21(30)27-13-6-8-26(10-13)17-4-3-16(20(28)29)24-19(17)27;3-1-2-4-6-7-5-2/h3-4,7,9,11,15,17H,5-6,8,10,12-14H2,1-2H3,(H,26,28,36)(H,29,30,31,32);3-5,7,9,13,15H,6,8,10-12H2,1-2H3,(H,28,29)(H,23,25,30);1,3H2,(H,4,5,6,7)/t15-,17-;13-,15-;/m00./s1. The molecule has 4 fully saturated rings. The number of carboxylic acids is 1. The summed E-state index contributed by atoms with van der Waals surface area (Å²) in [5.41, 5.74) is 6.85. The molecule has 0 unspecified atom stereocenters. The Labute approximate surface area is 451 Å². The summed E-state index contributed by atoms with van der Waals surface area (Å²) in [6.07, 6.45) is 4.83. The van der Waals surface area contributed by atoms with Crippen LogP contribution in [0.1, 0.15) is 79.6 Å². The molecule has 0 aromatic carbocycles. The van der Waals surface area contributed by atoms with E-state index in [2.05, 4.69) is 81.6 Å². The van der Waals surface area contributed by atoms with Crippen molar-refractivity contribution in [2.75, 3.05) is 82.8 Å². The number of aryl methyl sites for hydroxylation is 1. The Bertz CT molecular complexity index is 3130. The van der Waals surface area contributed by atoms with Gasteiger partial charge in [0, 0.05) is 63.5 Å². The summed E-state index contributed by atoms with van der Waals surface area (Å²) in [5, 5.41) is 41.4. The van der Waals surface area contributed by atoms with Crippen LogP contribution >= 0.6 is 0 Å². The van der Waals surface area contributed by atoms with E-state index in [0.29, 0.717) is 98.9 Å². The number of H-pyrrole nitrogens is 2. The maximum Gasteiger partial charge on any atom is 0.354 e. The first-order chi connectivity index (χ1) is 38.1. The zero-order chi connectivity index (χ0) is 55.3. The molecule has 0 aliphatic carbocycles. The second-order valence-corrected chi connectivity index (χ2v) is 19.8. The molecule has 6 aliphatic rings. The van der Waals surface area contributed by atoms with E-state index in [0.717, 1.165) is 37.3 Å². The van der Waals surface area contributed by atoms with Gasteiger partial charge in [0.1, 0.15) is 54.3 Å². The van der Waals surface area contributed by atoms with Gasteiger partial charge in [0.25, 0.3) is 0 Å². The predicted octanol–water partition coefficient (Wildman–Crippen LogP) is 2.96. The van der Waals surface area contributed by atoms with Crippen molar-refractivity contribution in [1.29, 1.82) is 0 Å². The monoisotopic (exact) mass is 1090 g/mol. The summed E-state index contributed by atoms with van der Waals surface area (Å²) in [4.78, 5) is 76.0. The molecule has 6 aromatic heterocycles. The number of nitrogens with two attached hydrogens (primary N) is 1. The van der Waals surface area contributed by atoms with E-state index in [9.17, 15) is 24.3 Å². The van der Waals surface area contributed by atoms with E-state index < -0.39 is 23.6 Å². The number of hydrogen-bond acceptors (Lipinski definition) is 23. The minimum absolute atomic E-state index is 0.0722. The van der Waals surface area contributed by atoms with Crippen molar-refractivity contribution >= 4 is 58.5 Å². The molecule has 0 radical (unpaired) electrons. The predicted molar refractivity (Wildman–Crippen MR) is 278 cm³/mol. The summed E-state index contributed by atoms with van der Waals surface area (Å²) < 4.78 is 34.3. The Hall–Kier alpha value is -8.58. The lowest BCUT2D eigenvalue weighted by Crippen LogP contribution is -2.48. The van der Waals surface area contributed by atoms with Crippen molar-refractivity contribution in [1.82, 2.24) is 61.2 Å². The lowest BCUT2D eigenvalue weighted by Gasteiger charge is -2.35. The summed E-state index contributed by atoms with van der Waals surface area (Å²) >= 11 is 0. The number of pyridine rings is 4. The topological polar surface area (TPSA) is 367 Å². The van der Waals surface area contributed by atoms with Gasteiger partial charge in [-0.15, -0.1) is 20.4 Å². The number of ketones is 1. The molecule has 0 spiro atoms. The van der Waals surface area contributed by atoms with E-state index in [-0.39, 0.29) is 53.9 Å². The quantitative estimate of drug-likeness (QED) is 0.0854. The lowest BCUT2D eigenvalue weighted by molar-refractivity contribution is -0.141. The molecular formula is C49H59N19O11. The number of hydrogen-bond donors (Lipinski definition) is 6. The zero-order valence-electron chi connectivity index (χ0n) is 43.6. The number of aromatic amines is 2. The number of rotatable bonds is 14. The molecule has 4 amide bonds. The molecule has 30 heteroatoms.